The van der Waals surface area contributed by atoms with Crippen LogP contribution in [-0.2, 0) is 11.2 Å². The number of nitrogens with one attached hydrogen (secondary N) is 1. The topological polar surface area (TPSA) is 98.7 Å². The lowest BCUT2D eigenvalue weighted by Gasteiger charge is -2.06. The van der Waals surface area contributed by atoms with E-state index in [4.69, 9.17) is 4.42 Å². The zero-order valence-corrected chi connectivity index (χ0v) is 13.4. The predicted molar refractivity (Wildman–Crippen MR) is 90.2 cm³/mol. The van der Waals surface area contributed by atoms with E-state index < -0.39 is 0 Å². The Morgan fingerprint density at radius 2 is 2.04 bits per heavy atom. The van der Waals surface area contributed by atoms with Gasteiger partial charge < -0.3 is 9.73 Å². The zero-order chi connectivity index (χ0) is 17.2. The van der Waals surface area contributed by atoms with E-state index in [1.54, 1.807) is 29.8 Å². The Bertz CT molecular complexity index is 1020. The third kappa shape index (κ3) is 3.23. The molecule has 0 bridgehead atoms. The summed E-state index contributed by atoms with van der Waals surface area (Å²) in [5.74, 6) is 0.496. The Labute approximate surface area is 142 Å². The third-order valence-corrected chi connectivity index (χ3v) is 3.69. The number of amides is 1. The lowest BCUT2D eigenvalue weighted by Crippen LogP contribution is -2.14. The summed E-state index contributed by atoms with van der Waals surface area (Å²) in [5, 5.41) is 13.9. The zero-order valence-electron chi connectivity index (χ0n) is 13.4. The van der Waals surface area contributed by atoms with E-state index in [-0.39, 0.29) is 12.3 Å². The van der Waals surface area contributed by atoms with Gasteiger partial charge in [-0.25, -0.2) is 9.67 Å². The average molecular weight is 334 g/mol. The number of rotatable bonds is 4. The highest BCUT2D eigenvalue weighted by Gasteiger charge is 2.08. The highest BCUT2D eigenvalue weighted by Crippen LogP contribution is 2.20. The minimum atomic E-state index is -0.102. The van der Waals surface area contributed by atoms with Crippen LogP contribution in [0.4, 0.5) is 5.69 Å². The van der Waals surface area contributed by atoms with Gasteiger partial charge in [-0.3, -0.25) is 4.79 Å². The molecule has 4 rings (SSSR count). The van der Waals surface area contributed by atoms with Gasteiger partial charge in [0.15, 0.2) is 11.5 Å². The molecule has 4 aromatic rings. The SMILES string of the molecule is Cc1nc2cc(NC(=O)Cc3ccc(-n4cnnn4)cc3)ccc2o1. The Balaban J connectivity index is 1.44. The maximum atomic E-state index is 12.2. The molecule has 0 atom stereocenters. The van der Waals surface area contributed by atoms with E-state index in [0.717, 1.165) is 16.8 Å². The number of fused-ring (bicyclic) bond motifs is 1. The molecule has 8 heteroatoms. The number of hydrogen-bond acceptors (Lipinski definition) is 6. The van der Waals surface area contributed by atoms with Crippen molar-refractivity contribution in [1.82, 2.24) is 25.2 Å². The van der Waals surface area contributed by atoms with E-state index in [0.29, 0.717) is 17.2 Å². The van der Waals surface area contributed by atoms with Gasteiger partial charge in [0.1, 0.15) is 11.8 Å². The Morgan fingerprint density at radius 3 is 2.80 bits per heavy atom. The smallest absolute Gasteiger partial charge is 0.228 e. The second-order valence-electron chi connectivity index (χ2n) is 5.56. The predicted octanol–water partition coefficient (Wildman–Crippen LogP) is 2.29. The summed E-state index contributed by atoms with van der Waals surface area (Å²) in [6, 6.07) is 12.9. The minimum Gasteiger partial charge on any atom is -0.441 e. The van der Waals surface area contributed by atoms with Crippen LogP contribution in [0.2, 0.25) is 0 Å². The number of anilines is 1. The molecule has 0 aliphatic heterocycles. The van der Waals surface area contributed by atoms with Crippen LogP contribution in [0, 0.1) is 6.92 Å². The van der Waals surface area contributed by atoms with Crippen LogP contribution in [0.3, 0.4) is 0 Å². The van der Waals surface area contributed by atoms with Gasteiger partial charge in [0.05, 0.1) is 12.1 Å². The van der Waals surface area contributed by atoms with Gasteiger partial charge in [-0.2, -0.15) is 0 Å². The van der Waals surface area contributed by atoms with Crippen molar-refractivity contribution in [3.63, 3.8) is 0 Å². The summed E-state index contributed by atoms with van der Waals surface area (Å²) in [5.41, 5.74) is 3.85. The van der Waals surface area contributed by atoms with Gasteiger partial charge in [0, 0.05) is 12.6 Å². The lowest BCUT2D eigenvalue weighted by molar-refractivity contribution is -0.115. The van der Waals surface area contributed by atoms with Gasteiger partial charge in [-0.15, -0.1) is 5.10 Å². The number of nitrogens with zero attached hydrogens (tertiary/aromatic N) is 5. The van der Waals surface area contributed by atoms with Gasteiger partial charge in [0.25, 0.3) is 0 Å². The molecule has 0 aliphatic carbocycles. The molecule has 2 aromatic heterocycles. The molecular formula is C17H14N6O2. The van der Waals surface area contributed by atoms with E-state index in [2.05, 4.69) is 25.8 Å². The number of carbonyl (C=O) groups excluding carboxylic acids is 1. The molecule has 25 heavy (non-hydrogen) atoms. The molecule has 0 saturated carbocycles. The van der Waals surface area contributed by atoms with Crippen molar-refractivity contribution in [1.29, 1.82) is 0 Å². The lowest BCUT2D eigenvalue weighted by atomic mass is 10.1. The van der Waals surface area contributed by atoms with Crippen molar-refractivity contribution >= 4 is 22.7 Å². The Hall–Kier alpha value is -3.55. The first-order valence-corrected chi connectivity index (χ1v) is 7.67. The molecule has 0 spiro atoms. The molecule has 1 amide bonds. The first-order chi connectivity index (χ1) is 12.2. The van der Waals surface area contributed by atoms with Gasteiger partial charge in [-0.05, 0) is 46.3 Å². The van der Waals surface area contributed by atoms with Crippen LogP contribution in [-0.4, -0.2) is 31.1 Å². The van der Waals surface area contributed by atoms with E-state index in [1.165, 1.54) is 6.33 Å². The summed E-state index contributed by atoms with van der Waals surface area (Å²) in [7, 11) is 0. The van der Waals surface area contributed by atoms with Crippen molar-refractivity contribution in [2.45, 2.75) is 13.3 Å². The van der Waals surface area contributed by atoms with Crippen molar-refractivity contribution in [2.75, 3.05) is 5.32 Å². The van der Waals surface area contributed by atoms with E-state index in [9.17, 15) is 4.79 Å². The number of benzene rings is 2. The monoisotopic (exact) mass is 334 g/mol. The number of aryl methyl sites for hydroxylation is 1. The molecule has 124 valence electrons. The molecule has 0 aliphatic rings. The van der Waals surface area contributed by atoms with E-state index in [1.807, 2.05) is 24.3 Å². The Kier molecular flexibility index (Phi) is 3.70. The number of aromatic nitrogens is 5. The van der Waals surface area contributed by atoms with Gasteiger partial charge >= 0.3 is 0 Å². The average Bonchev–Trinajstić information content (AvgIpc) is 3.23. The first-order valence-electron chi connectivity index (χ1n) is 7.67. The number of carbonyl (C=O) groups is 1. The molecule has 0 radical (unpaired) electrons. The highest BCUT2D eigenvalue weighted by molar-refractivity contribution is 5.94. The molecule has 0 fully saturated rings. The maximum absolute atomic E-state index is 12.2. The highest BCUT2D eigenvalue weighted by atomic mass is 16.3. The molecule has 0 unspecified atom stereocenters. The second-order valence-corrected chi connectivity index (χ2v) is 5.56. The normalized spacial score (nSPS) is 10.9. The van der Waals surface area contributed by atoms with Gasteiger partial charge in [-0.1, -0.05) is 12.1 Å². The van der Waals surface area contributed by atoms with Gasteiger partial charge in [0.2, 0.25) is 5.91 Å². The molecule has 2 aromatic carbocycles. The quantitative estimate of drug-likeness (QED) is 0.615. The largest absolute Gasteiger partial charge is 0.441 e. The molecular weight excluding hydrogens is 320 g/mol. The number of oxazole rings is 1. The second kappa shape index (κ2) is 6.16. The molecule has 8 nitrogen and oxygen atoms in total. The van der Waals surface area contributed by atoms with Crippen LogP contribution in [0.1, 0.15) is 11.5 Å². The summed E-state index contributed by atoms with van der Waals surface area (Å²) in [6.07, 6.45) is 1.79. The van der Waals surface area contributed by atoms with Crippen molar-refractivity contribution < 1.29 is 9.21 Å². The van der Waals surface area contributed by atoms with Crippen LogP contribution in [0.15, 0.2) is 53.2 Å². The summed E-state index contributed by atoms with van der Waals surface area (Å²) in [6.45, 7) is 1.79. The molecule has 2 heterocycles. The van der Waals surface area contributed by atoms with Crippen molar-refractivity contribution in [3.05, 3.63) is 60.2 Å². The summed E-state index contributed by atoms with van der Waals surface area (Å²) >= 11 is 0. The Morgan fingerprint density at radius 1 is 1.20 bits per heavy atom. The fraction of sp³-hybridized carbons (Fsp3) is 0.118. The fourth-order valence-corrected chi connectivity index (χ4v) is 2.56. The fourth-order valence-electron chi connectivity index (χ4n) is 2.56. The first kappa shape index (κ1) is 15.0. The maximum Gasteiger partial charge on any atom is 0.228 e. The summed E-state index contributed by atoms with van der Waals surface area (Å²) < 4.78 is 6.98. The van der Waals surface area contributed by atoms with Crippen molar-refractivity contribution in [3.8, 4) is 5.69 Å². The number of tetrazole rings is 1. The standard InChI is InChI=1S/C17H14N6O2/c1-11-19-15-9-13(4-7-16(15)25-11)20-17(24)8-12-2-5-14(6-3-12)23-10-18-21-22-23/h2-7,9-10H,8H2,1H3,(H,20,24). The van der Waals surface area contributed by atoms with Crippen molar-refractivity contribution in [2.24, 2.45) is 0 Å². The molecule has 1 N–H and O–H groups in total. The van der Waals surface area contributed by atoms with Crippen LogP contribution in [0.25, 0.3) is 16.8 Å². The summed E-state index contributed by atoms with van der Waals surface area (Å²) in [4.78, 5) is 16.5. The van der Waals surface area contributed by atoms with Crippen LogP contribution >= 0.6 is 0 Å². The minimum absolute atomic E-state index is 0.102. The third-order valence-electron chi connectivity index (χ3n) is 3.69. The van der Waals surface area contributed by atoms with Crippen LogP contribution < -0.4 is 5.32 Å². The van der Waals surface area contributed by atoms with Crippen LogP contribution in [0.5, 0.6) is 0 Å². The van der Waals surface area contributed by atoms with E-state index >= 15 is 0 Å². The molecule has 0 saturated heterocycles. The number of hydrogen-bond donors (Lipinski definition) is 1.